The van der Waals surface area contributed by atoms with Gasteiger partial charge in [-0.15, -0.1) is 11.8 Å². The van der Waals surface area contributed by atoms with Crippen LogP contribution in [0.2, 0.25) is 0 Å². The van der Waals surface area contributed by atoms with Crippen LogP contribution in [0.3, 0.4) is 0 Å². The molecule has 0 aliphatic carbocycles. The summed E-state index contributed by atoms with van der Waals surface area (Å²) in [5, 5.41) is 12.2. The molecule has 2 nitrogen and oxygen atoms in total. The maximum absolute atomic E-state index is 8.78. The molecule has 3 heteroatoms. The van der Waals surface area contributed by atoms with Crippen LogP contribution in [0.25, 0.3) is 0 Å². The summed E-state index contributed by atoms with van der Waals surface area (Å²) in [6, 6.07) is 18.4. The van der Waals surface area contributed by atoms with E-state index < -0.39 is 0 Å². The summed E-state index contributed by atoms with van der Waals surface area (Å²) in [5.41, 5.74) is 2.97. The van der Waals surface area contributed by atoms with Crippen molar-refractivity contribution in [1.82, 2.24) is 0 Å². The van der Waals surface area contributed by atoms with Gasteiger partial charge in [-0.25, -0.2) is 0 Å². The summed E-state index contributed by atoms with van der Waals surface area (Å²) in [4.78, 5) is 1.26. The summed E-state index contributed by atoms with van der Waals surface area (Å²) in [6.45, 7) is 2.11. The number of nitrogens with zero attached hydrogens (tertiary/aromatic N) is 1. The molecule has 0 saturated carbocycles. The number of thioether (sulfide) groups is 1. The highest BCUT2D eigenvalue weighted by molar-refractivity contribution is 7.98. The van der Waals surface area contributed by atoms with Crippen molar-refractivity contribution in [3.63, 3.8) is 0 Å². The van der Waals surface area contributed by atoms with Gasteiger partial charge in [-0.1, -0.05) is 12.1 Å². The van der Waals surface area contributed by atoms with E-state index in [9.17, 15) is 0 Å². The lowest BCUT2D eigenvalue weighted by molar-refractivity contribution is 0.884. The third-order valence-corrected chi connectivity index (χ3v) is 3.76. The minimum absolute atomic E-state index is 0.216. The molecule has 1 unspecified atom stereocenters. The van der Waals surface area contributed by atoms with Gasteiger partial charge in [-0.2, -0.15) is 5.26 Å². The summed E-state index contributed by atoms with van der Waals surface area (Å²) in [5.74, 6) is 0. The Morgan fingerprint density at radius 1 is 1.05 bits per heavy atom. The molecule has 0 aromatic heterocycles. The predicted molar refractivity (Wildman–Crippen MR) is 81.4 cm³/mol. The quantitative estimate of drug-likeness (QED) is 0.832. The SMILES string of the molecule is CSc1ccc(NC(C)c2ccc(C#N)cc2)cc1. The van der Waals surface area contributed by atoms with Crippen LogP contribution >= 0.6 is 11.8 Å². The molecule has 19 heavy (non-hydrogen) atoms. The Labute approximate surface area is 118 Å². The minimum Gasteiger partial charge on any atom is -0.379 e. The number of anilines is 1. The highest BCUT2D eigenvalue weighted by Crippen LogP contribution is 2.22. The molecular formula is C16H16N2S. The van der Waals surface area contributed by atoms with E-state index >= 15 is 0 Å². The highest BCUT2D eigenvalue weighted by Gasteiger charge is 2.05. The summed E-state index contributed by atoms with van der Waals surface area (Å²) in [6.07, 6.45) is 2.07. The molecular weight excluding hydrogens is 252 g/mol. The first-order valence-corrected chi connectivity index (χ1v) is 7.36. The Balaban J connectivity index is 2.06. The van der Waals surface area contributed by atoms with Crippen LogP contribution in [-0.4, -0.2) is 6.26 Å². The second-order valence-corrected chi connectivity index (χ2v) is 5.21. The molecule has 0 bridgehead atoms. The zero-order valence-electron chi connectivity index (χ0n) is 11.1. The van der Waals surface area contributed by atoms with E-state index in [0.717, 1.165) is 5.69 Å². The third-order valence-electron chi connectivity index (χ3n) is 3.01. The van der Waals surface area contributed by atoms with Gasteiger partial charge in [0.25, 0.3) is 0 Å². The van der Waals surface area contributed by atoms with Crippen molar-refractivity contribution in [3.05, 3.63) is 59.7 Å². The van der Waals surface area contributed by atoms with E-state index in [1.165, 1.54) is 10.5 Å². The number of nitriles is 1. The fraction of sp³-hybridized carbons (Fsp3) is 0.188. The third kappa shape index (κ3) is 3.52. The van der Waals surface area contributed by atoms with Crippen molar-refractivity contribution in [2.75, 3.05) is 11.6 Å². The van der Waals surface area contributed by atoms with Crippen molar-refractivity contribution in [2.45, 2.75) is 17.9 Å². The first kappa shape index (κ1) is 13.5. The summed E-state index contributed by atoms with van der Waals surface area (Å²) >= 11 is 1.74. The van der Waals surface area contributed by atoms with Crippen molar-refractivity contribution in [1.29, 1.82) is 5.26 Å². The first-order chi connectivity index (χ1) is 9.22. The Kier molecular flexibility index (Phi) is 4.48. The van der Waals surface area contributed by atoms with Crippen LogP contribution in [0.5, 0.6) is 0 Å². The molecule has 0 saturated heterocycles. The molecule has 0 radical (unpaired) electrons. The van der Waals surface area contributed by atoms with E-state index in [4.69, 9.17) is 5.26 Å². The fourth-order valence-corrected chi connectivity index (χ4v) is 2.28. The van der Waals surface area contributed by atoms with Crippen LogP contribution in [0.4, 0.5) is 5.69 Å². The van der Waals surface area contributed by atoms with Crippen molar-refractivity contribution in [2.24, 2.45) is 0 Å². The average molecular weight is 268 g/mol. The lowest BCUT2D eigenvalue weighted by atomic mass is 10.1. The number of hydrogen-bond acceptors (Lipinski definition) is 3. The zero-order chi connectivity index (χ0) is 13.7. The second kappa shape index (κ2) is 6.31. The van der Waals surface area contributed by atoms with Crippen LogP contribution in [0, 0.1) is 11.3 Å². The molecule has 1 N–H and O–H groups in total. The van der Waals surface area contributed by atoms with Gasteiger partial charge in [0.1, 0.15) is 0 Å². The van der Waals surface area contributed by atoms with E-state index in [1.807, 2.05) is 24.3 Å². The lowest BCUT2D eigenvalue weighted by Gasteiger charge is -2.16. The van der Waals surface area contributed by atoms with Gasteiger partial charge in [0.2, 0.25) is 0 Å². The molecule has 2 aromatic carbocycles. The second-order valence-electron chi connectivity index (χ2n) is 4.33. The largest absolute Gasteiger partial charge is 0.379 e. The maximum Gasteiger partial charge on any atom is 0.0991 e. The van der Waals surface area contributed by atoms with Gasteiger partial charge in [0.05, 0.1) is 11.6 Å². The molecule has 0 amide bonds. The number of hydrogen-bond donors (Lipinski definition) is 1. The van der Waals surface area contributed by atoms with Crippen molar-refractivity contribution >= 4 is 17.4 Å². The van der Waals surface area contributed by atoms with Gasteiger partial charge in [-0.05, 0) is 55.1 Å². The molecule has 0 aliphatic heterocycles. The van der Waals surface area contributed by atoms with Crippen LogP contribution in [-0.2, 0) is 0 Å². The lowest BCUT2D eigenvalue weighted by Crippen LogP contribution is -2.06. The highest BCUT2D eigenvalue weighted by atomic mass is 32.2. The van der Waals surface area contributed by atoms with E-state index in [1.54, 1.807) is 11.8 Å². The van der Waals surface area contributed by atoms with Crippen LogP contribution in [0.15, 0.2) is 53.4 Å². The fourth-order valence-electron chi connectivity index (χ4n) is 1.87. The van der Waals surface area contributed by atoms with Crippen molar-refractivity contribution < 1.29 is 0 Å². The monoisotopic (exact) mass is 268 g/mol. The molecule has 0 aliphatic rings. The molecule has 2 rings (SSSR count). The Morgan fingerprint density at radius 3 is 2.21 bits per heavy atom. The topological polar surface area (TPSA) is 35.8 Å². The molecule has 0 fully saturated rings. The molecule has 2 aromatic rings. The Hall–Kier alpha value is -1.92. The molecule has 0 spiro atoms. The van der Waals surface area contributed by atoms with Crippen LogP contribution in [0.1, 0.15) is 24.1 Å². The molecule has 96 valence electrons. The van der Waals surface area contributed by atoms with Gasteiger partial charge in [0, 0.05) is 16.6 Å². The maximum atomic E-state index is 8.78. The number of benzene rings is 2. The van der Waals surface area contributed by atoms with Crippen LogP contribution < -0.4 is 5.32 Å². The summed E-state index contributed by atoms with van der Waals surface area (Å²) < 4.78 is 0. The van der Waals surface area contributed by atoms with Gasteiger partial charge in [0.15, 0.2) is 0 Å². The smallest absolute Gasteiger partial charge is 0.0991 e. The van der Waals surface area contributed by atoms with E-state index in [-0.39, 0.29) is 6.04 Å². The van der Waals surface area contributed by atoms with E-state index in [0.29, 0.717) is 5.56 Å². The predicted octanol–water partition coefficient (Wildman–Crippen LogP) is 4.45. The zero-order valence-corrected chi connectivity index (χ0v) is 11.9. The molecule has 0 heterocycles. The van der Waals surface area contributed by atoms with Gasteiger partial charge in [-0.3, -0.25) is 0 Å². The van der Waals surface area contributed by atoms with E-state index in [2.05, 4.69) is 48.8 Å². The Bertz CT molecular complexity index is 567. The standard InChI is InChI=1S/C16H16N2S/c1-12(14-5-3-13(11-17)4-6-14)18-15-7-9-16(19-2)10-8-15/h3-10,12,18H,1-2H3. The Morgan fingerprint density at radius 2 is 1.68 bits per heavy atom. The van der Waals surface area contributed by atoms with Crippen molar-refractivity contribution in [3.8, 4) is 6.07 Å². The molecule has 1 atom stereocenters. The first-order valence-electron chi connectivity index (χ1n) is 6.13. The summed E-state index contributed by atoms with van der Waals surface area (Å²) in [7, 11) is 0. The minimum atomic E-state index is 0.216. The van der Waals surface area contributed by atoms with Gasteiger partial charge >= 0.3 is 0 Å². The number of rotatable bonds is 4. The normalized spacial score (nSPS) is 11.6. The van der Waals surface area contributed by atoms with Gasteiger partial charge < -0.3 is 5.32 Å². The number of nitrogens with one attached hydrogen (secondary N) is 1. The average Bonchev–Trinajstić information content (AvgIpc) is 2.48.